The zero-order valence-electron chi connectivity index (χ0n) is 14.5. The third kappa shape index (κ3) is 4.17. The van der Waals surface area contributed by atoms with Crippen molar-refractivity contribution in [3.63, 3.8) is 0 Å². The van der Waals surface area contributed by atoms with Gasteiger partial charge in [0.15, 0.2) is 5.82 Å². The van der Waals surface area contributed by atoms with Crippen molar-refractivity contribution in [3.05, 3.63) is 72.0 Å². The van der Waals surface area contributed by atoms with Crippen LogP contribution in [0.2, 0.25) is 0 Å². The molecule has 3 aromatic rings. The fraction of sp³-hybridized carbons (Fsp3) is 0.238. The Morgan fingerprint density at radius 2 is 1.65 bits per heavy atom. The van der Waals surface area contributed by atoms with E-state index in [0.717, 1.165) is 17.2 Å². The number of aromatic nitrogens is 2. The van der Waals surface area contributed by atoms with Crippen LogP contribution < -0.4 is 10.6 Å². The SMILES string of the molecule is Fc1ccccc1CCNc1cc(NC2CC2)nc(-c2ccccc2)n1. The first-order valence-corrected chi connectivity index (χ1v) is 8.96. The predicted octanol–water partition coefficient (Wildman–Crippen LogP) is 4.51. The fourth-order valence-corrected chi connectivity index (χ4v) is 2.79. The Morgan fingerprint density at radius 3 is 2.42 bits per heavy atom. The number of nitrogens with zero attached hydrogens (tertiary/aromatic N) is 2. The fourth-order valence-electron chi connectivity index (χ4n) is 2.79. The lowest BCUT2D eigenvalue weighted by Gasteiger charge is -2.11. The number of anilines is 2. The molecular formula is C21H21FN4. The number of hydrogen-bond donors (Lipinski definition) is 2. The second-order valence-corrected chi connectivity index (χ2v) is 6.51. The normalized spacial score (nSPS) is 13.4. The summed E-state index contributed by atoms with van der Waals surface area (Å²) in [5, 5.41) is 6.74. The van der Waals surface area contributed by atoms with Gasteiger partial charge in [-0.3, -0.25) is 0 Å². The molecular weight excluding hydrogens is 327 g/mol. The van der Waals surface area contributed by atoms with E-state index in [2.05, 4.69) is 20.6 Å². The molecule has 0 atom stereocenters. The van der Waals surface area contributed by atoms with E-state index < -0.39 is 0 Å². The van der Waals surface area contributed by atoms with Gasteiger partial charge < -0.3 is 10.6 Å². The first kappa shape index (κ1) is 16.5. The molecule has 2 aromatic carbocycles. The molecule has 4 rings (SSSR count). The first-order valence-electron chi connectivity index (χ1n) is 8.96. The standard InChI is InChI=1S/C21H21FN4/c22-18-9-5-4-6-15(18)12-13-23-19-14-20(24-17-10-11-17)26-21(25-19)16-7-2-1-3-8-16/h1-9,14,17H,10-13H2,(H2,23,24,25,26). The first-order chi connectivity index (χ1) is 12.8. The number of halogens is 1. The maximum atomic E-state index is 13.8. The summed E-state index contributed by atoms with van der Waals surface area (Å²) in [5.74, 6) is 2.09. The highest BCUT2D eigenvalue weighted by molar-refractivity contribution is 5.61. The van der Waals surface area contributed by atoms with Gasteiger partial charge >= 0.3 is 0 Å². The van der Waals surface area contributed by atoms with Gasteiger partial charge in [-0.25, -0.2) is 14.4 Å². The summed E-state index contributed by atoms with van der Waals surface area (Å²) in [6, 6.07) is 19.2. The van der Waals surface area contributed by atoms with Crippen LogP contribution in [-0.4, -0.2) is 22.6 Å². The van der Waals surface area contributed by atoms with Crippen LogP contribution in [0.15, 0.2) is 60.7 Å². The van der Waals surface area contributed by atoms with Gasteiger partial charge in [0.2, 0.25) is 0 Å². The van der Waals surface area contributed by atoms with E-state index in [1.807, 2.05) is 48.5 Å². The summed E-state index contributed by atoms with van der Waals surface area (Å²) in [7, 11) is 0. The molecule has 1 heterocycles. The van der Waals surface area contributed by atoms with Crippen molar-refractivity contribution in [1.82, 2.24) is 9.97 Å². The van der Waals surface area contributed by atoms with E-state index in [1.165, 1.54) is 18.9 Å². The molecule has 1 saturated carbocycles. The number of nitrogens with one attached hydrogen (secondary N) is 2. The summed E-state index contributed by atoms with van der Waals surface area (Å²) in [6.07, 6.45) is 2.96. The molecule has 0 amide bonds. The smallest absolute Gasteiger partial charge is 0.163 e. The highest BCUT2D eigenvalue weighted by Gasteiger charge is 2.22. The molecule has 1 aliphatic carbocycles. The van der Waals surface area contributed by atoms with Gasteiger partial charge in [-0.1, -0.05) is 48.5 Å². The van der Waals surface area contributed by atoms with Crippen molar-refractivity contribution in [3.8, 4) is 11.4 Å². The third-order valence-electron chi connectivity index (χ3n) is 4.35. The van der Waals surface area contributed by atoms with Crippen molar-refractivity contribution in [1.29, 1.82) is 0 Å². The molecule has 5 heteroatoms. The van der Waals surface area contributed by atoms with Crippen LogP contribution >= 0.6 is 0 Å². The predicted molar refractivity (Wildman–Crippen MR) is 103 cm³/mol. The van der Waals surface area contributed by atoms with Gasteiger partial charge in [0, 0.05) is 24.2 Å². The molecule has 1 fully saturated rings. The molecule has 0 bridgehead atoms. The van der Waals surface area contributed by atoms with E-state index >= 15 is 0 Å². The number of rotatable bonds is 7. The summed E-state index contributed by atoms with van der Waals surface area (Å²) in [5.41, 5.74) is 1.68. The molecule has 26 heavy (non-hydrogen) atoms. The van der Waals surface area contributed by atoms with Gasteiger partial charge in [0.05, 0.1) is 0 Å². The monoisotopic (exact) mass is 348 g/mol. The second kappa shape index (κ2) is 7.52. The molecule has 4 nitrogen and oxygen atoms in total. The summed E-state index contributed by atoms with van der Waals surface area (Å²) >= 11 is 0. The van der Waals surface area contributed by atoms with E-state index in [0.29, 0.717) is 30.4 Å². The molecule has 0 radical (unpaired) electrons. The van der Waals surface area contributed by atoms with Gasteiger partial charge in [-0.2, -0.15) is 0 Å². The molecule has 2 N–H and O–H groups in total. The Balaban J connectivity index is 1.51. The van der Waals surface area contributed by atoms with Crippen LogP contribution in [0.25, 0.3) is 11.4 Å². The van der Waals surface area contributed by atoms with Crippen molar-refractivity contribution < 1.29 is 4.39 Å². The molecule has 132 valence electrons. The molecule has 1 aromatic heterocycles. The van der Waals surface area contributed by atoms with Crippen LogP contribution in [0, 0.1) is 5.82 Å². The molecule has 1 aliphatic rings. The molecule has 0 spiro atoms. The van der Waals surface area contributed by atoms with Crippen molar-refractivity contribution in [2.75, 3.05) is 17.2 Å². The van der Waals surface area contributed by atoms with Crippen molar-refractivity contribution >= 4 is 11.6 Å². The highest BCUT2D eigenvalue weighted by Crippen LogP contribution is 2.26. The number of benzene rings is 2. The third-order valence-corrected chi connectivity index (χ3v) is 4.35. The van der Waals surface area contributed by atoms with Gasteiger partial charge in [-0.05, 0) is 30.9 Å². The quantitative estimate of drug-likeness (QED) is 0.659. The Labute approximate surface area is 152 Å². The maximum absolute atomic E-state index is 13.8. The minimum atomic E-state index is -0.168. The lowest BCUT2D eigenvalue weighted by molar-refractivity contribution is 0.610. The van der Waals surface area contributed by atoms with Crippen LogP contribution in [0.3, 0.4) is 0 Å². The molecule has 0 aliphatic heterocycles. The lowest BCUT2D eigenvalue weighted by atomic mass is 10.1. The molecule has 0 unspecified atom stereocenters. The zero-order chi connectivity index (χ0) is 17.8. The van der Waals surface area contributed by atoms with Crippen molar-refractivity contribution in [2.45, 2.75) is 25.3 Å². The topological polar surface area (TPSA) is 49.8 Å². The summed E-state index contributed by atoms with van der Waals surface area (Å²) < 4.78 is 13.8. The van der Waals surface area contributed by atoms with Crippen LogP contribution in [0.5, 0.6) is 0 Å². The number of hydrogen-bond acceptors (Lipinski definition) is 4. The minimum absolute atomic E-state index is 0.168. The second-order valence-electron chi connectivity index (χ2n) is 6.51. The molecule has 0 saturated heterocycles. The van der Waals surface area contributed by atoms with Crippen LogP contribution in [-0.2, 0) is 6.42 Å². The van der Waals surface area contributed by atoms with E-state index in [-0.39, 0.29) is 5.82 Å². The average Bonchev–Trinajstić information content (AvgIpc) is 3.48. The zero-order valence-corrected chi connectivity index (χ0v) is 14.5. The van der Waals surface area contributed by atoms with Gasteiger partial charge in [0.1, 0.15) is 17.5 Å². The largest absolute Gasteiger partial charge is 0.370 e. The Morgan fingerprint density at radius 1 is 0.923 bits per heavy atom. The van der Waals surface area contributed by atoms with E-state index in [1.54, 1.807) is 6.07 Å². The van der Waals surface area contributed by atoms with Crippen LogP contribution in [0.1, 0.15) is 18.4 Å². The van der Waals surface area contributed by atoms with Crippen LogP contribution in [0.4, 0.5) is 16.0 Å². The lowest BCUT2D eigenvalue weighted by Crippen LogP contribution is -2.10. The Kier molecular flexibility index (Phi) is 4.78. The Bertz CT molecular complexity index is 878. The van der Waals surface area contributed by atoms with Crippen molar-refractivity contribution in [2.24, 2.45) is 0 Å². The van der Waals surface area contributed by atoms with Gasteiger partial charge in [-0.15, -0.1) is 0 Å². The maximum Gasteiger partial charge on any atom is 0.163 e. The Hall–Kier alpha value is -2.95. The summed E-state index contributed by atoms with van der Waals surface area (Å²) in [6.45, 7) is 0.606. The van der Waals surface area contributed by atoms with E-state index in [9.17, 15) is 4.39 Å². The minimum Gasteiger partial charge on any atom is -0.370 e. The van der Waals surface area contributed by atoms with Gasteiger partial charge in [0.25, 0.3) is 0 Å². The highest BCUT2D eigenvalue weighted by atomic mass is 19.1. The average molecular weight is 348 g/mol. The summed E-state index contributed by atoms with van der Waals surface area (Å²) in [4.78, 5) is 9.27. The van der Waals surface area contributed by atoms with E-state index in [4.69, 9.17) is 0 Å².